The summed E-state index contributed by atoms with van der Waals surface area (Å²) < 4.78 is 10.0. The molecule has 0 saturated heterocycles. The number of hydrogen-bond acceptors (Lipinski definition) is 19. The number of nitrogens with one attached hydrogen (secondary N) is 5. The van der Waals surface area contributed by atoms with Gasteiger partial charge in [-0.15, -0.1) is 0 Å². The van der Waals surface area contributed by atoms with Crippen LogP contribution in [-0.4, -0.2) is 166 Å². The van der Waals surface area contributed by atoms with Crippen molar-refractivity contribution < 1.29 is 40.2 Å². The molecule has 0 radical (unpaired) electrons. The van der Waals surface area contributed by atoms with Crippen LogP contribution in [0.2, 0.25) is 10.6 Å². The molecule has 11 N–H and O–H groups in total. The number of anilines is 3. The van der Waals surface area contributed by atoms with E-state index in [1.165, 1.54) is 6.33 Å². The average Bonchev–Trinajstić information content (AvgIpc) is 4.06. The first-order valence-corrected chi connectivity index (χ1v) is 30.4. The molecule has 364 valence electrons. The molecule has 4 aromatic heterocycles. The number of carbonyl (C=O) groups is 2. The van der Waals surface area contributed by atoms with E-state index in [1.54, 1.807) is 10.9 Å². The predicted octanol–water partition coefficient (Wildman–Crippen LogP) is 1.00. The van der Waals surface area contributed by atoms with Gasteiger partial charge in [-0.1, -0.05) is 0 Å². The third-order valence-electron chi connectivity index (χ3n) is 13.7. The van der Waals surface area contributed by atoms with Crippen molar-refractivity contribution in [2.45, 2.75) is 129 Å². The van der Waals surface area contributed by atoms with E-state index in [9.17, 15) is 35.1 Å². The summed E-state index contributed by atoms with van der Waals surface area (Å²) in [7, 11) is 0. The molecule has 9 atom stereocenters. The number of amides is 2. The molecule has 0 spiro atoms. The van der Waals surface area contributed by atoms with Crippen molar-refractivity contribution in [3.8, 4) is 0 Å². The van der Waals surface area contributed by atoms with Gasteiger partial charge in [0.25, 0.3) is 0 Å². The Morgan fingerprint density at radius 2 is 1.40 bits per heavy atom. The van der Waals surface area contributed by atoms with Crippen LogP contribution in [0.3, 0.4) is 0 Å². The number of fused-ring (bicyclic) bond motifs is 2. The SMILES string of the molecule is C=I1([C@@H]2C[C@H](NC(=O)CO)[C@@H](O)[C@H]2O)C=Ic2c(NCC3CCC(c4ncnc(NC5CCC(Nc6nc(Cl)nc7c6ncn7[C@@H]6C[C@H](NC(=O)CO)[C@@H](O)[C@H]6O)CC5)n4)CC3)nc(Cl)nc21. The van der Waals surface area contributed by atoms with Crippen LogP contribution in [-0.2, 0) is 9.59 Å². The molecule has 4 aliphatic carbocycles. The van der Waals surface area contributed by atoms with Gasteiger partial charge < -0.3 is 35.8 Å². The number of aliphatic hydroxyl groups excluding tert-OH is 6. The second kappa shape index (κ2) is 20.5. The van der Waals surface area contributed by atoms with Crippen LogP contribution >= 0.6 is 61.9 Å². The van der Waals surface area contributed by atoms with Crippen LogP contribution < -0.4 is 26.6 Å². The van der Waals surface area contributed by atoms with Crippen LogP contribution in [0.1, 0.15) is 82.0 Å². The van der Waals surface area contributed by atoms with Gasteiger partial charge in [-0.2, -0.15) is 9.97 Å². The van der Waals surface area contributed by atoms with Crippen molar-refractivity contribution in [1.82, 2.24) is 55.1 Å². The average molecular weight is 1200 g/mol. The number of halogens is 4. The molecule has 2 amide bonds. The third-order valence-corrected chi connectivity index (χ3v) is 31.8. The molecule has 4 aromatic rings. The van der Waals surface area contributed by atoms with Crippen molar-refractivity contribution in [3.05, 3.63) is 36.3 Å². The molecule has 5 aliphatic rings. The van der Waals surface area contributed by atoms with Gasteiger partial charge in [0.2, 0.25) is 11.2 Å². The van der Waals surface area contributed by atoms with Gasteiger partial charge in [-0.25, -0.2) is 9.97 Å². The summed E-state index contributed by atoms with van der Waals surface area (Å²) in [4.78, 5) is 60.2. The summed E-state index contributed by atoms with van der Waals surface area (Å²) in [5.41, 5.74) is 0.848. The molecular weight excluding hydrogens is 1140 g/mol. The van der Waals surface area contributed by atoms with Crippen LogP contribution in [0.4, 0.5) is 17.6 Å². The van der Waals surface area contributed by atoms with E-state index in [0.717, 1.165) is 64.5 Å². The minimum absolute atomic E-state index is 0.00435. The molecule has 22 nitrogen and oxygen atoms in total. The number of aromatic nitrogens is 9. The Bertz CT molecular complexity index is 2570. The molecule has 4 fully saturated rings. The monoisotopic (exact) mass is 1190 g/mol. The molecular formula is C41H54Cl2I2N14O8. The Morgan fingerprint density at radius 3 is 2.10 bits per heavy atom. The summed E-state index contributed by atoms with van der Waals surface area (Å²) in [5, 5.41) is 77.6. The molecule has 0 aromatic carbocycles. The van der Waals surface area contributed by atoms with Crippen molar-refractivity contribution in [1.29, 1.82) is 0 Å². The summed E-state index contributed by atoms with van der Waals surface area (Å²) in [6, 6.07) is -1.88. The summed E-state index contributed by atoms with van der Waals surface area (Å²) >= 11 is 8.89. The molecule has 1 unspecified atom stereocenters. The van der Waals surface area contributed by atoms with Gasteiger partial charge in [-0.3, -0.25) is 4.79 Å². The fourth-order valence-electron chi connectivity index (χ4n) is 10.1. The molecule has 5 heterocycles. The topological polar surface area (TPSA) is 324 Å². The van der Waals surface area contributed by atoms with Gasteiger partial charge in [0, 0.05) is 12.1 Å². The zero-order valence-electron chi connectivity index (χ0n) is 36.1. The van der Waals surface area contributed by atoms with Crippen molar-refractivity contribution in [2.75, 3.05) is 35.7 Å². The maximum atomic E-state index is 11.9. The Morgan fingerprint density at radius 1 is 0.761 bits per heavy atom. The second-order valence-corrected chi connectivity index (χ2v) is 31.0. The fraction of sp³-hybridized carbons (Fsp3) is 0.610. The van der Waals surface area contributed by atoms with E-state index in [0.29, 0.717) is 47.6 Å². The van der Waals surface area contributed by atoms with Gasteiger partial charge >= 0.3 is 229 Å². The van der Waals surface area contributed by atoms with Crippen LogP contribution in [0, 0.1) is 13.2 Å². The zero-order valence-corrected chi connectivity index (χ0v) is 41.9. The van der Waals surface area contributed by atoms with Gasteiger partial charge in [0.05, 0.1) is 18.4 Å². The zero-order chi connectivity index (χ0) is 47.1. The number of aliphatic hydroxyl groups is 6. The Hall–Kier alpha value is -3.48. The summed E-state index contributed by atoms with van der Waals surface area (Å²) in [6.07, 6.45) is 6.02. The van der Waals surface area contributed by atoms with Crippen LogP contribution in [0.5, 0.6) is 0 Å². The molecule has 4 saturated carbocycles. The molecule has 1 aliphatic heterocycles. The quantitative estimate of drug-likeness (QED) is 0.0363. The number of imidazole rings is 1. The predicted molar refractivity (Wildman–Crippen MR) is 266 cm³/mol. The summed E-state index contributed by atoms with van der Waals surface area (Å²) in [6.45, 7) is -0.722. The molecule has 0 bridgehead atoms. The van der Waals surface area contributed by atoms with Crippen molar-refractivity contribution in [2.24, 2.45) is 5.92 Å². The van der Waals surface area contributed by atoms with E-state index in [1.807, 2.05) is 0 Å². The normalized spacial score (nSPS) is 33.6. The standard InChI is InChI=1S/C41H54Cl2I2N14O8/c1-45(22-10-23(31(65)30(22)64)52-26(62)13-60)15-44-28-34(45)54-39(42)55-36(28)46-12-18-2-4-19(5-3-18)35-47-16-48-41(57-35)51-21-8-6-20(7-9-21)50-37-29-38(58-40(43)56-37)59(17-49-29)25-11-24(32(66)33(25)67)53-27(63)14-61/h15-25,30-33,60-61,64-67H,1-14H2,(H,52,62)(H,53,63)(H,46,54,55)(H,50,56,58)(H,47,48,51,57)/t18?,19?,20?,21?,22-,23+,24+,25-,30+,31-,32-,33+/m1/s1. The van der Waals surface area contributed by atoms with Gasteiger partial charge in [-0.05, 0) is 43.7 Å². The van der Waals surface area contributed by atoms with Gasteiger partial charge in [0.15, 0.2) is 17.0 Å². The molecule has 26 heteroatoms. The van der Waals surface area contributed by atoms with E-state index < -0.39 is 106 Å². The van der Waals surface area contributed by atoms with E-state index >= 15 is 0 Å². The van der Waals surface area contributed by atoms with Crippen molar-refractivity contribution >= 4 is 109 Å². The number of nitrogens with zero attached hydrogens (tertiary/aromatic N) is 9. The first-order valence-electron chi connectivity index (χ1n) is 22.2. The summed E-state index contributed by atoms with van der Waals surface area (Å²) in [5.74, 6) is 1.85. The second-order valence-electron chi connectivity index (χ2n) is 17.9. The molecule has 67 heavy (non-hydrogen) atoms. The number of hydrogen-bond donors (Lipinski definition) is 11. The number of rotatable bonds is 14. The maximum absolute atomic E-state index is 11.9. The Kier molecular flexibility index (Phi) is 14.8. The fourth-order valence-corrected chi connectivity index (χ4v) is 30.1. The minimum atomic E-state index is -3.36. The molecule has 9 rings (SSSR count). The first-order chi connectivity index (χ1) is 32.2. The third kappa shape index (κ3) is 10.1. The van der Waals surface area contributed by atoms with E-state index in [4.69, 9.17) is 33.3 Å². The van der Waals surface area contributed by atoms with Crippen molar-refractivity contribution in [3.63, 3.8) is 0 Å². The van der Waals surface area contributed by atoms with E-state index in [-0.39, 0.29) is 38.9 Å². The Labute approximate surface area is 408 Å². The van der Waals surface area contributed by atoms with Crippen LogP contribution in [0.15, 0.2) is 12.7 Å². The van der Waals surface area contributed by atoms with E-state index in [2.05, 4.69) is 68.0 Å². The number of carbonyl (C=O) groups excluding carboxylic acids is 2. The van der Waals surface area contributed by atoms with Crippen LogP contribution in [0.25, 0.3) is 11.2 Å². The number of alkyl halides is 1. The Balaban J connectivity index is 0.758. The first kappa shape index (κ1) is 48.5. The van der Waals surface area contributed by atoms with Gasteiger partial charge in [0.1, 0.15) is 18.8 Å².